The molecule has 0 aromatic carbocycles. The van der Waals surface area contributed by atoms with E-state index in [9.17, 15) is 19.2 Å². The van der Waals surface area contributed by atoms with Gasteiger partial charge in [-0.15, -0.1) is 0 Å². The Kier molecular flexibility index (Phi) is 90.6. The minimum Gasteiger partial charge on any atom is -1.00 e. The molecule has 8 nitrogen and oxygen atoms in total. The van der Waals surface area contributed by atoms with Crippen molar-refractivity contribution >= 4 is 23.6 Å². The van der Waals surface area contributed by atoms with E-state index in [1.807, 2.05) is 0 Å². The van der Waals surface area contributed by atoms with E-state index < -0.39 is 23.6 Å². The summed E-state index contributed by atoms with van der Waals surface area (Å²) in [6.07, 6.45) is 1.33. The van der Waals surface area contributed by atoms with Crippen molar-refractivity contribution in [2.75, 3.05) is 0 Å². The van der Waals surface area contributed by atoms with Crippen LogP contribution in [0.5, 0.6) is 0 Å². The first-order chi connectivity index (χ1) is 9.08. The molecule has 0 aliphatic heterocycles. The van der Waals surface area contributed by atoms with Gasteiger partial charge in [0.15, 0.2) is 0 Å². The molecule has 0 heterocycles. The van der Waals surface area contributed by atoms with Gasteiger partial charge in [0.2, 0.25) is 0 Å². The first-order valence-electron chi connectivity index (χ1n) is 6.06. The summed E-state index contributed by atoms with van der Waals surface area (Å²) in [5.41, 5.74) is 24.8. The van der Waals surface area contributed by atoms with Crippen LogP contribution < -0.4 is 34.0 Å². The molecule has 0 aromatic heterocycles. The summed E-state index contributed by atoms with van der Waals surface area (Å²) in [6, 6.07) is 0. The van der Waals surface area contributed by atoms with Crippen LogP contribution in [0, 0.1) is 0 Å². The normalized spacial score (nSPS) is 6.17. The summed E-state index contributed by atoms with van der Waals surface area (Å²) in [5, 5.41) is 0. The van der Waals surface area contributed by atoms with Crippen LogP contribution in [0.25, 0.3) is 22.9 Å². The molecule has 0 saturated carbocycles. The van der Waals surface area contributed by atoms with Crippen LogP contribution in [-0.2, 0) is 71.6 Å². The van der Waals surface area contributed by atoms with Crippen LogP contribution >= 0.6 is 0 Å². The molecule has 0 aromatic rings. The zero-order valence-electron chi connectivity index (χ0n) is 14.2. The van der Waals surface area contributed by atoms with Crippen molar-refractivity contribution in [2.45, 2.75) is 53.4 Å². The summed E-state index contributed by atoms with van der Waals surface area (Å²) in [7, 11) is 0. The third-order valence-corrected chi connectivity index (χ3v) is 1.28. The summed E-state index contributed by atoms with van der Waals surface area (Å²) in [4.78, 5) is 37.9. The molecule has 138 valence electrons. The van der Waals surface area contributed by atoms with Crippen molar-refractivity contribution in [3.8, 4) is 0 Å². The molecular formula is C12H24Br2N4O4Zr2. The van der Waals surface area contributed by atoms with Crippen molar-refractivity contribution in [2.24, 2.45) is 0 Å². The van der Waals surface area contributed by atoms with Gasteiger partial charge >= 0.3 is 52.4 Å². The quantitative estimate of drug-likeness (QED) is 0.348. The van der Waals surface area contributed by atoms with Gasteiger partial charge in [0.25, 0.3) is 0 Å². The fourth-order valence-corrected chi connectivity index (χ4v) is 0. The second-order valence-corrected chi connectivity index (χ2v) is 3.11. The third-order valence-electron chi connectivity index (χ3n) is 1.28. The van der Waals surface area contributed by atoms with E-state index in [2.05, 4.69) is 0 Å². The summed E-state index contributed by atoms with van der Waals surface area (Å²) in [6.45, 7) is 6.65. The maximum atomic E-state index is 9.48. The van der Waals surface area contributed by atoms with Gasteiger partial charge in [-0.3, -0.25) is 0 Å². The minimum absolute atomic E-state index is 0. The second-order valence-electron chi connectivity index (χ2n) is 3.11. The van der Waals surface area contributed by atoms with E-state index in [1.54, 1.807) is 27.7 Å². The third kappa shape index (κ3) is 142. The Balaban J connectivity index is -0.0000000225. The standard InChI is InChI=1S/4C3H7NO.2BrH.2Zr/c4*1-2-3(4)5;;;;/h4*2H2,1H3,(H2,4,5);2*1H;;/q;;;;;;2*+3/p-6. The van der Waals surface area contributed by atoms with Crippen LogP contribution in [0.15, 0.2) is 0 Å². The number of amides is 4. The van der Waals surface area contributed by atoms with Crippen LogP contribution in [0.3, 0.4) is 0 Å². The fraction of sp³-hybridized carbons (Fsp3) is 0.667. The Labute approximate surface area is 203 Å². The first kappa shape index (κ1) is 49.7. The molecule has 0 aliphatic carbocycles. The number of hydrogen-bond acceptors (Lipinski definition) is 4. The molecule has 0 aliphatic rings. The summed E-state index contributed by atoms with van der Waals surface area (Å²) in [5.74, 6) is -1.98. The average Bonchev–Trinajstić information content (AvgIpc) is 2.40. The van der Waals surface area contributed by atoms with Crippen molar-refractivity contribution in [3.63, 3.8) is 0 Å². The molecule has 0 spiro atoms. The van der Waals surface area contributed by atoms with Gasteiger partial charge < -0.3 is 76.1 Å². The van der Waals surface area contributed by atoms with Crippen LogP contribution in [-0.4, -0.2) is 23.6 Å². The molecule has 4 amide bonds. The molecule has 2 radical (unpaired) electrons. The van der Waals surface area contributed by atoms with Crippen LogP contribution in [0.2, 0.25) is 0 Å². The van der Waals surface area contributed by atoms with E-state index in [0.29, 0.717) is 25.7 Å². The number of nitrogens with one attached hydrogen (secondary N) is 4. The summed E-state index contributed by atoms with van der Waals surface area (Å²) < 4.78 is 0. The van der Waals surface area contributed by atoms with Gasteiger partial charge in [0.05, 0.1) is 0 Å². The molecule has 0 rings (SSSR count). The van der Waals surface area contributed by atoms with Crippen molar-refractivity contribution in [1.29, 1.82) is 0 Å². The molecule has 0 saturated heterocycles. The van der Waals surface area contributed by atoms with Gasteiger partial charge in [0.1, 0.15) is 0 Å². The zero-order chi connectivity index (χ0) is 17.1. The summed E-state index contributed by atoms with van der Waals surface area (Å²) >= 11 is 0. The number of rotatable bonds is 4. The van der Waals surface area contributed by atoms with E-state index in [-0.39, 0.29) is 86.4 Å². The molecule has 0 unspecified atom stereocenters. The molecule has 0 bridgehead atoms. The van der Waals surface area contributed by atoms with E-state index in [0.717, 1.165) is 0 Å². The maximum absolute atomic E-state index is 9.48. The molecule has 0 atom stereocenters. The van der Waals surface area contributed by atoms with Crippen molar-refractivity contribution in [1.82, 2.24) is 0 Å². The average molecular weight is 631 g/mol. The number of carbonyl (C=O) groups excluding carboxylic acids is 4. The van der Waals surface area contributed by atoms with Gasteiger partial charge in [0, 0.05) is 23.6 Å². The number of halogens is 2. The topological polar surface area (TPSA) is 163 Å². The first-order valence-corrected chi connectivity index (χ1v) is 6.06. The minimum atomic E-state index is -0.495. The molecule has 24 heavy (non-hydrogen) atoms. The Bertz CT molecular complexity index is 244. The van der Waals surface area contributed by atoms with Crippen LogP contribution in [0.1, 0.15) is 53.4 Å². The van der Waals surface area contributed by atoms with Crippen molar-refractivity contribution < 1.29 is 106 Å². The largest absolute Gasteiger partial charge is 3.00 e. The second kappa shape index (κ2) is 43.7. The number of hydrogen-bond donors (Lipinski definition) is 0. The van der Waals surface area contributed by atoms with Crippen LogP contribution in [0.4, 0.5) is 0 Å². The van der Waals surface area contributed by atoms with E-state index in [1.165, 1.54) is 0 Å². The predicted molar refractivity (Wildman–Crippen MR) is 78.5 cm³/mol. The van der Waals surface area contributed by atoms with Gasteiger partial charge in [-0.1, -0.05) is 27.7 Å². The van der Waals surface area contributed by atoms with E-state index in [4.69, 9.17) is 22.9 Å². The van der Waals surface area contributed by atoms with Gasteiger partial charge in [-0.25, -0.2) is 0 Å². The SMILES string of the molecule is CCC([NH-])=O.CCC([NH-])=O.CCC([NH-])=O.CCC([NH-])=O.[Br-].[Br-].[Zr+3].[Zr+3]. The molecule has 12 heteroatoms. The van der Waals surface area contributed by atoms with Crippen molar-refractivity contribution in [3.05, 3.63) is 22.9 Å². The molecule has 4 N–H and O–H groups in total. The monoisotopic (exact) mass is 626 g/mol. The fourth-order valence-electron chi connectivity index (χ4n) is 0. The Morgan fingerprint density at radius 1 is 0.500 bits per heavy atom. The Morgan fingerprint density at radius 3 is 0.542 bits per heavy atom. The number of carbonyl (C=O) groups is 4. The zero-order valence-corrected chi connectivity index (χ0v) is 22.3. The molecule has 0 fully saturated rings. The Morgan fingerprint density at radius 2 is 0.542 bits per heavy atom. The predicted octanol–water partition coefficient (Wildman–Crippen LogP) is -2.10. The smallest absolute Gasteiger partial charge is 1.00 e. The van der Waals surface area contributed by atoms with E-state index >= 15 is 0 Å². The van der Waals surface area contributed by atoms with Gasteiger partial charge in [-0.05, 0) is 25.7 Å². The maximum Gasteiger partial charge on any atom is 3.00 e. The molecular weight excluding hydrogens is 606 g/mol. The van der Waals surface area contributed by atoms with Gasteiger partial charge in [-0.2, -0.15) is 0 Å². The Hall–Kier alpha value is 0.606.